The second-order valence-corrected chi connectivity index (χ2v) is 8.19. The van der Waals surface area contributed by atoms with Gasteiger partial charge < -0.3 is 21.1 Å². The van der Waals surface area contributed by atoms with Gasteiger partial charge in [-0.3, -0.25) is 14.7 Å². The van der Waals surface area contributed by atoms with Crippen molar-refractivity contribution in [1.29, 1.82) is 0 Å². The SMILES string of the molecule is BC(CCCO)C(N)(C(=O)O)C1CCN(Cc2c(O)ccc3cccnc23)CC1.Cl.Cl. The number of aliphatic hydroxyl groups excluding tert-OH is 1. The molecule has 0 bridgehead atoms. The Bertz CT molecular complexity index is 868. The molecule has 0 radical (unpaired) electrons. The van der Waals surface area contributed by atoms with Gasteiger partial charge in [-0.2, -0.15) is 0 Å². The molecule has 2 unspecified atom stereocenters. The summed E-state index contributed by atoms with van der Waals surface area (Å²) in [5.74, 6) is -1.06. The molecule has 7 nitrogen and oxygen atoms in total. The van der Waals surface area contributed by atoms with E-state index in [9.17, 15) is 15.0 Å². The van der Waals surface area contributed by atoms with Crippen LogP contribution >= 0.6 is 24.8 Å². The molecular weight excluding hydrogens is 440 g/mol. The summed E-state index contributed by atoms with van der Waals surface area (Å²) in [4.78, 5) is 18.7. The lowest BCUT2D eigenvalue weighted by Crippen LogP contribution is -2.59. The number of carbonyl (C=O) groups is 1. The number of aromatic nitrogens is 1. The molecule has 0 aliphatic carbocycles. The van der Waals surface area contributed by atoms with Gasteiger partial charge in [0.25, 0.3) is 0 Å². The number of halogens is 2. The number of fused-ring (bicyclic) bond motifs is 1. The van der Waals surface area contributed by atoms with E-state index >= 15 is 0 Å². The Morgan fingerprint density at radius 1 is 1.29 bits per heavy atom. The van der Waals surface area contributed by atoms with Gasteiger partial charge in [0.2, 0.25) is 0 Å². The lowest BCUT2D eigenvalue weighted by molar-refractivity contribution is -0.147. The Morgan fingerprint density at radius 2 is 1.97 bits per heavy atom. The van der Waals surface area contributed by atoms with E-state index in [0.29, 0.717) is 45.3 Å². The number of carboxylic acid groups (broad SMARTS) is 1. The summed E-state index contributed by atoms with van der Waals surface area (Å²) in [7, 11) is 1.87. The van der Waals surface area contributed by atoms with Gasteiger partial charge in [-0.05, 0) is 62.3 Å². The summed E-state index contributed by atoms with van der Waals surface area (Å²) in [6, 6.07) is 7.40. The molecule has 1 aliphatic rings. The zero-order valence-electron chi connectivity index (χ0n) is 17.7. The summed E-state index contributed by atoms with van der Waals surface area (Å²) >= 11 is 0. The fraction of sp³-hybridized carbons (Fsp3) is 0.524. The molecule has 1 aromatic carbocycles. The molecule has 2 aromatic rings. The van der Waals surface area contributed by atoms with E-state index in [1.54, 1.807) is 12.3 Å². The molecule has 1 fully saturated rings. The number of carboxylic acids is 1. The Morgan fingerprint density at radius 3 is 2.58 bits per heavy atom. The van der Waals surface area contributed by atoms with E-state index in [1.807, 2.05) is 26.0 Å². The van der Waals surface area contributed by atoms with Gasteiger partial charge in [0.1, 0.15) is 19.1 Å². The zero-order valence-corrected chi connectivity index (χ0v) is 19.4. The Hall–Kier alpha value is -1.58. The highest BCUT2D eigenvalue weighted by molar-refractivity contribution is 6.15. The molecule has 1 aliphatic heterocycles. The molecule has 0 amide bonds. The third kappa shape index (κ3) is 5.81. The summed E-state index contributed by atoms with van der Waals surface area (Å²) < 4.78 is 0. The number of phenolic OH excluding ortho intramolecular Hbond substituents is 1. The molecule has 31 heavy (non-hydrogen) atoms. The van der Waals surface area contributed by atoms with Crippen LogP contribution in [0.3, 0.4) is 0 Å². The number of phenols is 1. The number of benzene rings is 1. The number of hydrogen-bond donors (Lipinski definition) is 4. The van der Waals surface area contributed by atoms with Gasteiger partial charge in [-0.25, -0.2) is 0 Å². The summed E-state index contributed by atoms with van der Waals surface area (Å²) in [6.07, 6.45) is 4.24. The topological polar surface area (TPSA) is 120 Å². The van der Waals surface area contributed by atoms with E-state index in [4.69, 9.17) is 10.8 Å². The molecule has 172 valence electrons. The number of aromatic hydroxyl groups is 1. The number of aliphatic hydroxyl groups is 1. The first-order valence-electron chi connectivity index (χ1n) is 10.3. The van der Waals surface area contributed by atoms with Crippen molar-refractivity contribution in [2.24, 2.45) is 11.7 Å². The number of likely N-dealkylation sites (tertiary alicyclic amines) is 1. The number of piperidine rings is 1. The molecule has 5 N–H and O–H groups in total. The second kappa shape index (κ2) is 11.9. The molecule has 3 rings (SSSR count). The zero-order chi connectivity index (χ0) is 21.0. The Labute approximate surface area is 196 Å². The van der Waals surface area contributed by atoms with Crippen molar-refractivity contribution in [3.8, 4) is 5.75 Å². The summed E-state index contributed by atoms with van der Waals surface area (Å²) in [5, 5.41) is 30.3. The van der Waals surface area contributed by atoms with Crippen LogP contribution in [0.15, 0.2) is 30.5 Å². The van der Waals surface area contributed by atoms with E-state index in [-0.39, 0.29) is 48.9 Å². The van der Waals surface area contributed by atoms with Gasteiger partial charge in [0.05, 0.1) is 5.52 Å². The fourth-order valence-corrected chi connectivity index (χ4v) is 4.57. The Balaban J connectivity index is 0.00000240. The van der Waals surface area contributed by atoms with Crippen LogP contribution in [0.1, 0.15) is 31.2 Å². The predicted molar refractivity (Wildman–Crippen MR) is 129 cm³/mol. The van der Waals surface area contributed by atoms with Crippen LogP contribution in [0.25, 0.3) is 10.9 Å². The third-order valence-electron chi connectivity index (χ3n) is 6.48. The normalized spacial score (nSPS) is 17.9. The largest absolute Gasteiger partial charge is 0.508 e. The van der Waals surface area contributed by atoms with E-state index in [2.05, 4.69) is 9.88 Å². The number of rotatable bonds is 8. The minimum Gasteiger partial charge on any atom is -0.508 e. The standard InChI is InChI=1S/C21H30BN3O4.2ClH/c22-18(4-2-12-26)21(23,20(28)29)15-7-10-25(11-8-15)13-16-17(27)6-5-14-3-1-9-24-19(14)16;;/h1,3,5-6,9,15,18,26-27H,2,4,7-8,10-13,22-23H2,(H,28,29);2*1H. The van der Waals surface area contributed by atoms with Crippen molar-refractivity contribution in [2.75, 3.05) is 19.7 Å². The number of nitrogens with zero attached hydrogens (tertiary/aromatic N) is 2. The molecule has 2 atom stereocenters. The van der Waals surface area contributed by atoms with Crippen LogP contribution in [0.5, 0.6) is 5.75 Å². The van der Waals surface area contributed by atoms with Crippen LogP contribution in [-0.2, 0) is 11.3 Å². The van der Waals surface area contributed by atoms with Gasteiger partial charge in [-0.15, -0.1) is 24.8 Å². The Kier molecular flexibility index (Phi) is 10.5. The van der Waals surface area contributed by atoms with Crippen molar-refractivity contribution < 1.29 is 20.1 Å². The predicted octanol–water partition coefficient (Wildman–Crippen LogP) is 1.97. The van der Waals surface area contributed by atoms with E-state index in [0.717, 1.165) is 16.5 Å². The maximum absolute atomic E-state index is 12.0. The van der Waals surface area contributed by atoms with Crippen molar-refractivity contribution >= 4 is 49.5 Å². The highest BCUT2D eigenvalue weighted by atomic mass is 35.5. The van der Waals surface area contributed by atoms with Crippen LogP contribution < -0.4 is 5.73 Å². The summed E-state index contributed by atoms with van der Waals surface area (Å²) in [5.41, 5.74) is 6.76. The molecule has 1 aromatic heterocycles. The molecular formula is C21H32BCl2N3O4. The lowest BCUT2D eigenvalue weighted by Gasteiger charge is -2.43. The minimum absolute atomic E-state index is 0. The van der Waals surface area contributed by atoms with Gasteiger partial charge in [0, 0.05) is 30.3 Å². The molecule has 1 saturated heterocycles. The smallest absolute Gasteiger partial charge is 0.323 e. The summed E-state index contributed by atoms with van der Waals surface area (Å²) in [6.45, 7) is 2.04. The molecule has 0 saturated carbocycles. The lowest BCUT2D eigenvalue weighted by atomic mass is 9.61. The first-order chi connectivity index (χ1) is 13.9. The van der Waals surface area contributed by atoms with E-state index in [1.165, 1.54) is 0 Å². The van der Waals surface area contributed by atoms with Gasteiger partial charge in [-0.1, -0.05) is 12.5 Å². The average Bonchev–Trinajstić information content (AvgIpc) is 2.73. The van der Waals surface area contributed by atoms with Gasteiger partial charge >= 0.3 is 5.97 Å². The van der Waals surface area contributed by atoms with Crippen LogP contribution in [0, 0.1) is 5.92 Å². The fourth-order valence-electron chi connectivity index (χ4n) is 4.57. The highest BCUT2D eigenvalue weighted by Gasteiger charge is 2.47. The van der Waals surface area contributed by atoms with Gasteiger partial charge in [0.15, 0.2) is 0 Å². The maximum atomic E-state index is 12.0. The van der Waals surface area contributed by atoms with E-state index < -0.39 is 11.5 Å². The minimum atomic E-state index is -1.29. The number of aliphatic carboxylic acids is 1. The number of pyridine rings is 1. The van der Waals surface area contributed by atoms with Crippen molar-refractivity contribution in [3.63, 3.8) is 0 Å². The van der Waals surface area contributed by atoms with Crippen LogP contribution in [-0.4, -0.2) is 64.3 Å². The number of hydrogen-bond acceptors (Lipinski definition) is 6. The highest BCUT2D eigenvalue weighted by Crippen LogP contribution is 2.37. The van der Waals surface area contributed by atoms with Crippen molar-refractivity contribution in [2.45, 2.75) is 43.6 Å². The van der Waals surface area contributed by atoms with Crippen molar-refractivity contribution in [1.82, 2.24) is 9.88 Å². The maximum Gasteiger partial charge on any atom is 0.323 e. The third-order valence-corrected chi connectivity index (χ3v) is 6.48. The van der Waals surface area contributed by atoms with Crippen LogP contribution in [0.2, 0.25) is 5.82 Å². The quantitative estimate of drug-likeness (QED) is 0.434. The molecule has 2 heterocycles. The average molecular weight is 472 g/mol. The molecule has 0 spiro atoms. The second-order valence-electron chi connectivity index (χ2n) is 8.19. The van der Waals surface area contributed by atoms with Crippen LogP contribution in [0.4, 0.5) is 0 Å². The first kappa shape index (κ1) is 27.5. The molecule has 10 heteroatoms. The first-order valence-corrected chi connectivity index (χ1v) is 10.3. The monoisotopic (exact) mass is 471 g/mol. The van der Waals surface area contributed by atoms with Crippen molar-refractivity contribution in [3.05, 3.63) is 36.0 Å². The number of nitrogens with two attached hydrogens (primary N) is 1.